The van der Waals surface area contributed by atoms with E-state index in [9.17, 15) is 0 Å². The largest absolute Gasteiger partial charge is 0.355 e. The molecule has 3 aromatic rings. The maximum absolute atomic E-state index is 3.56. The van der Waals surface area contributed by atoms with E-state index < -0.39 is 0 Å². The van der Waals surface area contributed by atoms with Gasteiger partial charge in [-0.3, -0.25) is 0 Å². The molecule has 0 saturated heterocycles. The van der Waals surface area contributed by atoms with Gasteiger partial charge in [0.05, 0.1) is 0 Å². The molecule has 0 unspecified atom stereocenters. The predicted molar refractivity (Wildman–Crippen MR) is 101 cm³/mol. The summed E-state index contributed by atoms with van der Waals surface area (Å²) in [4.78, 5) is 0. The fourth-order valence-corrected chi connectivity index (χ4v) is 3.11. The first-order valence-electron chi connectivity index (χ1n) is 8.11. The van der Waals surface area contributed by atoms with Gasteiger partial charge in [0.1, 0.15) is 0 Å². The minimum atomic E-state index is 0. The third kappa shape index (κ3) is 2.91. The molecule has 23 heavy (non-hydrogen) atoms. The van der Waals surface area contributed by atoms with Gasteiger partial charge in [-0.15, -0.1) is 0 Å². The van der Waals surface area contributed by atoms with Crippen LogP contribution in [0.15, 0.2) is 78.9 Å². The summed E-state index contributed by atoms with van der Waals surface area (Å²) in [6.45, 7) is 0. The van der Waals surface area contributed by atoms with Gasteiger partial charge >= 0.3 is 0 Å². The monoisotopic (exact) mass is 299 g/mol. The fourth-order valence-electron chi connectivity index (χ4n) is 3.11. The van der Waals surface area contributed by atoms with Gasteiger partial charge < -0.3 is 5.32 Å². The molecule has 0 radical (unpaired) electrons. The van der Waals surface area contributed by atoms with Crippen LogP contribution in [0.1, 0.15) is 19.0 Å². The molecule has 0 aliphatic heterocycles. The maximum atomic E-state index is 3.56. The van der Waals surface area contributed by atoms with E-state index in [4.69, 9.17) is 0 Å². The highest BCUT2D eigenvalue weighted by Gasteiger charge is 2.08. The second-order valence-electron chi connectivity index (χ2n) is 5.89. The topological polar surface area (TPSA) is 12.0 Å². The molecule has 114 valence electrons. The molecule has 4 rings (SSSR count). The SMILES string of the molecule is C1=Cc2c(cccc2Nc2ccc(-c3ccccc3)cc2)CC1.[HH]. The standard InChI is InChI=1S/C22H19N.H2/c1-2-7-17(8-3-1)18-13-15-20(16-14-18)23-22-12-6-10-19-9-4-5-11-21(19)22;/h1-3,5-8,10-16,23H,4,9H2;1H. The summed E-state index contributed by atoms with van der Waals surface area (Å²) in [5, 5.41) is 3.56. The number of anilines is 2. The van der Waals surface area contributed by atoms with Crippen molar-refractivity contribution < 1.29 is 1.43 Å². The van der Waals surface area contributed by atoms with Crippen LogP contribution >= 0.6 is 0 Å². The second kappa shape index (κ2) is 6.13. The summed E-state index contributed by atoms with van der Waals surface area (Å²) in [7, 11) is 0. The maximum Gasteiger partial charge on any atom is 0.0460 e. The van der Waals surface area contributed by atoms with Crippen LogP contribution in [0.5, 0.6) is 0 Å². The van der Waals surface area contributed by atoms with Crippen LogP contribution < -0.4 is 5.32 Å². The van der Waals surface area contributed by atoms with Gasteiger partial charge in [-0.1, -0.05) is 66.7 Å². The van der Waals surface area contributed by atoms with E-state index in [1.54, 1.807) is 0 Å². The highest BCUT2D eigenvalue weighted by molar-refractivity contribution is 5.76. The first-order chi connectivity index (χ1) is 11.4. The van der Waals surface area contributed by atoms with E-state index in [1.807, 2.05) is 6.07 Å². The smallest absolute Gasteiger partial charge is 0.0460 e. The molecule has 0 atom stereocenters. The third-order valence-electron chi connectivity index (χ3n) is 4.33. The van der Waals surface area contributed by atoms with E-state index in [-0.39, 0.29) is 1.43 Å². The molecule has 0 spiro atoms. The molecule has 0 saturated carbocycles. The third-order valence-corrected chi connectivity index (χ3v) is 4.33. The fraction of sp³-hybridized carbons (Fsp3) is 0.0909. The second-order valence-corrected chi connectivity index (χ2v) is 5.89. The normalized spacial score (nSPS) is 12.7. The molecule has 1 aliphatic rings. The molecular weight excluding hydrogens is 278 g/mol. The Morgan fingerprint density at radius 2 is 1.52 bits per heavy atom. The summed E-state index contributed by atoms with van der Waals surface area (Å²) in [6, 6.07) is 25.6. The van der Waals surface area contributed by atoms with E-state index >= 15 is 0 Å². The number of fused-ring (bicyclic) bond motifs is 1. The molecule has 1 N–H and O–H groups in total. The Morgan fingerprint density at radius 1 is 0.739 bits per heavy atom. The quantitative estimate of drug-likeness (QED) is 0.598. The van der Waals surface area contributed by atoms with Crippen molar-refractivity contribution in [3.05, 3.63) is 90.0 Å². The Hall–Kier alpha value is -2.80. The first-order valence-corrected chi connectivity index (χ1v) is 8.11. The van der Waals surface area contributed by atoms with E-state index in [0.717, 1.165) is 18.5 Å². The lowest BCUT2D eigenvalue weighted by Gasteiger charge is -2.16. The number of benzene rings is 3. The van der Waals surface area contributed by atoms with Gasteiger partial charge in [-0.2, -0.15) is 0 Å². The number of hydrogen-bond acceptors (Lipinski definition) is 1. The summed E-state index contributed by atoms with van der Waals surface area (Å²) < 4.78 is 0. The summed E-state index contributed by atoms with van der Waals surface area (Å²) in [5.41, 5.74) is 7.55. The molecular formula is C22H21N. The van der Waals surface area contributed by atoms with Gasteiger partial charge in [0, 0.05) is 18.4 Å². The minimum absolute atomic E-state index is 0. The molecule has 0 aromatic heterocycles. The van der Waals surface area contributed by atoms with Crippen LogP contribution in [0.3, 0.4) is 0 Å². The van der Waals surface area contributed by atoms with Gasteiger partial charge in [0.2, 0.25) is 0 Å². The lowest BCUT2D eigenvalue weighted by atomic mass is 9.96. The Bertz CT molecular complexity index is 836. The molecule has 0 heterocycles. The number of rotatable bonds is 3. The molecule has 1 heteroatoms. The summed E-state index contributed by atoms with van der Waals surface area (Å²) in [5.74, 6) is 0. The zero-order valence-electron chi connectivity index (χ0n) is 13.0. The Labute approximate surface area is 138 Å². The van der Waals surface area contributed by atoms with Crippen molar-refractivity contribution in [2.45, 2.75) is 12.8 Å². The van der Waals surface area contributed by atoms with Crippen molar-refractivity contribution in [3.63, 3.8) is 0 Å². The van der Waals surface area contributed by atoms with Gasteiger partial charge in [-0.25, -0.2) is 0 Å². The average molecular weight is 299 g/mol. The molecule has 1 nitrogen and oxygen atoms in total. The molecule has 1 aliphatic carbocycles. The zero-order chi connectivity index (χ0) is 15.5. The van der Waals surface area contributed by atoms with Crippen molar-refractivity contribution in [1.82, 2.24) is 0 Å². The number of hydrogen-bond donors (Lipinski definition) is 1. The molecule has 0 fully saturated rings. The van der Waals surface area contributed by atoms with E-state index in [0.29, 0.717) is 0 Å². The number of aryl methyl sites for hydroxylation is 1. The van der Waals surface area contributed by atoms with Crippen molar-refractivity contribution in [2.75, 3.05) is 5.32 Å². The Morgan fingerprint density at radius 3 is 2.35 bits per heavy atom. The summed E-state index contributed by atoms with van der Waals surface area (Å²) >= 11 is 0. The number of allylic oxidation sites excluding steroid dienone is 1. The molecule has 0 bridgehead atoms. The highest BCUT2D eigenvalue weighted by Crippen LogP contribution is 2.29. The van der Waals surface area contributed by atoms with Crippen LogP contribution in [0.4, 0.5) is 11.4 Å². The molecule has 0 amide bonds. The zero-order valence-corrected chi connectivity index (χ0v) is 13.0. The summed E-state index contributed by atoms with van der Waals surface area (Å²) in [6.07, 6.45) is 6.77. The Balaban J connectivity index is 0.00000169. The van der Waals surface area contributed by atoms with Crippen molar-refractivity contribution in [3.8, 4) is 11.1 Å². The van der Waals surface area contributed by atoms with Crippen molar-refractivity contribution in [1.29, 1.82) is 0 Å². The minimum Gasteiger partial charge on any atom is -0.355 e. The number of nitrogens with one attached hydrogen (secondary N) is 1. The van der Waals surface area contributed by atoms with Crippen LogP contribution in [0, 0.1) is 0 Å². The van der Waals surface area contributed by atoms with Crippen molar-refractivity contribution in [2.24, 2.45) is 0 Å². The average Bonchev–Trinajstić information content (AvgIpc) is 2.63. The predicted octanol–water partition coefficient (Wildman–Crippen LogP) is 6.30. The van der Waals surface area contributed by atoms with E-state index in [2.05, 4.69) is 84.2 Å². The molecule has 3 aromatic carbocycles. The van der Waals surface area contributed by atoms with Gasteiger partial charge in [-0.05, 0) is 47.7 Å². The van der Waals surface area contributed by atoms with Gasteiger partial charge in [0.25, 0.3) is 0 Å². The first kappa shape index (κ1) is 13.8. The highest BCUT2D eigenvalue weighted by atomic mass is 14.9. The Kier molecular flexibility index (Phi) is 3.69. The van der Waals surface area contributed by atoms with Crippen molar-refractivity contribution >= 4 is 17.5 Å². The van der Waals surface area contributed by atoms with Crippen LogP contribution in [0.2, 0.25) is 0 Å². The van der Waals surface area contributed by atoms with E-state index in [1.165, 1.54) is 27.9 Å². The van der Waals surface area contributed by atoms with Crippen LogP contribution in [-0.4, -0.2) is 0 Å². The lowest BCUT2D eigenvalue weighted by molar-refractivity contribution is 0.986. The van der Waals surface area contributed by atoms with Crippen LogP contribution in [-0.2, 0) is 6.42 Å². The van der Waals surface area contributed by atoms with Crippen LogP contribution in [0.25, 0.3) is 17.2 Å². The lowest BCUT2D eigenvalue weighted by Crippen LogP contribution is -1.99. The van der Waals surface area contributed by atoms with Gasteiger partial charge in [0.15, 0.2) is 0 Å².